The highest BCUT2D eigenvalue weighted by atomic mass is 16.2. The number of hydrogen-bond donors (Lipinski definition) is 4. The molecule has 0 radical (unpaired) electrons. The van der Waals surface area contributed by atoms with Gasteiger partial charge in [-0.2, -0.15) is 0 Å². The molecule has 0 saturated carbocycles. The molecule has 33 heavy (non-hydrogen) atoms. The van der Waals surface area contributed by atoms with Crippen molar-refractivity contribution in [2.45, 2.75) is 31.3 Å². The van der Waals surface area contributed by atoms with E-state index in [1.165, 1.54) is 0 Å². The standard InChI is InChI=1S/C22H29N7O4/c1-28(2)13-20(31)26-18(10-14-12-29(3)19-7-5-4-6-16(14)19)22(33)27-17(21(23)32)9-8-15(30)11-25-24/h4-7,11-12,17-18,24H,8-10,13H2,1-3H3,(H3-,23,26,27,31,32,33)/p+1/t17-,18-/m0/s1. The largest absolute Gasteiger partial charge is 0.372 e. The fraction of sp³-hybridized carbons (Fsp3) is 0.409. The number of carbonyl (C=O) groups is 4. The lowest BCUT2D eigenvalue weighted by Gasteiger charge is -2.22. The minimum absolute atomic E-state index is 0.0431. The van der Waals surface area contributed by atoms with Crippen molar-refractivity contribution in [2.75, 3.05) is 20.6 Å². The third-order valence-electron chi connectivity index (χ3n) is 5.06. The zero-order valence-corrected chi connectivity index (χ0v) is 19.0. The Balaban J connectivity index is 2.24. The van der Waals surface area contributed by atoms with Gasteiger partial charge in [-0.3, -0.25) is 19.2 Å². The van der Waals surface area contributed by atoms with Crippen LogP contribution in [-0.4, -0.2) is 76.7 Å². The van der Waals surface area contributed by atoms with E-state index in [1.54, 1.807) is 19.0 Å². The zero-order chi connectivity index (χ0) is 24.5. The first-order valence-corrected chi connectivity index (χ1v) is 10.4. The number of benzene rings is 1. The molecule has 1 aromatic carbocycles. The van der Waals surface area contributed by atoms with Crippen molar-refractivity contribution in [3.63, 3.8) is 0 Å². The fourth-order valence-corrected chi connectivity index (χ4v) is 3.53. The molecule has 2 aromatic rings. The second-order valence-electron chi connectivity index (χ2n) is 8.07. The quantitative estimate of drug-likeness (QED) is 0.190. The number of primary amides is 1. The molecule has 0 aliphatic heterocycles. The molecule has 11 nitrogen and oxygen atoms in total. The van der Waals surface area contributed by atoms with Gasteiger partial charge in [0.15, 0.2) is 0 Å². The molecule has 0 unspecified atom stereocenters. The van der Waals surface area contributed by atoms with Crippen LogP contribution in [0.25, 0.3) is 10.9 Å². The number of Topliss-reactive ketones (excluding diaryl/α,β-unsaturated/α-hetero) is 1. The van der Waals surface area contributed by atoms with E-state index in [-0.39, 0.29) is 31.7 Å². The van der Waals surface area contributed by atoms with Crippen LogP contribution in [0.3, 0.4) is 0 Å². The van der Waals surface area contributed by atoms with Crippen LogP contribution in [0.5, 0.6) is 0 Å². The number of para-hydroxylation sites is 1. The molecular weight excluding hydrogens is 426 g/mol. The lowest BCUT2D eigenvalue weighted by Crippen LogP contribution is -2.54. The highest BCUT2D eigenvalue weighted by molar-refractivity contribution is 6.25. The van der Waals surface area contributed by atoms with Gasteiger partial charge >= 0.3 is 6.21 Å². The molecule has 0 bridgehead atoms. The van der Waals surface area contributed by atoms with Crippen molar-refractivity contribution < 1.29 is 24.0 Å². The minimum Gasteiger partial charge on any atom is -0.368 e. The van der Waals surface area contributed by atoms with Gasteiger partial charge in [0.2, 0.25) is 23.5 Å². The van der Waals surface area contributed by atoms with E-state index < -0.39 is 29.7 Å². The van der Waals surface area contributed by atoms with E-state index in [0.717, 1.165) is 22.7 Å². The van der Waals surface area contributed by atoms with Gasteiger partial charge in [0.05, 0.1) is 16.9 Å². The number of hydrogen-bond acceptors (Lipinski definition) is 6. The lowest BCUT2D eigenvalue weighted by atomic mass is 10.0. The molecule has 0 spiro atoms. The van der Waals surface area contributed by atoms with Crippen LogP contribution < -0.4 is 16.4 Å². The minimum atomic E-state index is -1.11. The number of likely N-dealkylation sites (N-methyl/N-ethyl adjacent to an activating group) is 1. The third-order valence-corrected chi connectivity index (χ3v) is 5.06. The molecule has 11 heteroatoms. The van der Waals surface area contributed by atoms with Crippen LogP contribution in [0.1, 0.15) is 18.4 Å². The average molecular weight is 457 g/mol. The second-order valence-corrected chi connectivity index (χ2v) is 8.07. The van der Waals surface area contributed by atoms with E-state index >= 15 is 0 Å². The molecule has 0 fully saturated rings. The van der Waals surface area contributed by atoms with Crippen molar-refractivity contribution >= 4 is 40.6 Å². The Morgan fingerprint density at radius 1 is 1.18 bits per heavy atom. The van der Waals surface area contributed by atoms with E-state index in [4.69, 9.17) is 11.3 Å². The Bertz CT molecular complexity index is 1090. The highest BCUT2D eigenvalue weighted by Gasteiger charge is 2.27. The number of nitrogens with zero attached hydrogens (tertiary/aromatic N) is 3. The predicted octanol–water partition coefficient (Wildman–Crippen LogP) is -0.603. The first kappa shape index (κ1) is 25.4. The molecule has 0 saturated heterocycles. The van der Waals surface area contributed by atoms with E-state index in [0.29, 0.717) is 0 Å². The Morgan fingerprint density at radius 2 is 1.88 bits per heavy atom. The molecule has 2 atom stereocenters. The predicted molar refractivity (Wildman–Crippen MR) is 122 cm³/mol. The summed E-state index contributed by atoms with van der Waals surface area (Å²) < 4.78 is 1.94. The van der Waals surface area contributed by atoms with Gasteiger partial charge < -0.3 is 25.8 Å². The first-order chi connectivity index (χ1) is 15.6. The van der Waals surface area contributed by atoms with Crippen LogP contribution in [0.2, 0.25) is 0 Å². The number of rotatable bonds is 12. The number of nitrogens with one attached hydrogen (secondary N) is 3. The molecule has 0 aliphatic rings. The zero-order valence-electron chi connectivity index (χ0n) is 19.0. The Labute approximate surface area is 191 Å². The summed E-state index contributed by atoms with van der Waals surface area (Å²) in [7, 11) is 5.37. The van der Waals surface area contributed by atoms with Gasteiger partial charge in [-0.1, -0.05) is 18.2 Å². The van der Waals surface area contributed by atoms with Crippen LogP contribution in [0.15, 0.2) is 30.5 Å². The van der Waals surface area contributed by atoms with E-state index in [2.05, 4.69) is 15.4 Å². The van der Waals surface area contributed by atoms with Crippen LogP contribution in [0, 0.1) is 5.53 Å². The number of nitrogens with two attached hydrogens (primary N) is 1. The van der Waals surface area contributed by atoms with Gasteiger partial charge in [-0.25, -0.2) is 0 Å². The summed E-state index contributed by atoms with van der Waals surface area (Å²) >= 11 is 0. The van der Waals surface area contributed by atoms with Crippen molar-refractivity contribution in [1.82, 2.24) is 20.1 Å². The molecule has 0 aliphatic carbocycles. The van der Waals surface area contributed by atoms with Crippen LogP contribution in [-0.2, 0) is 32.6 Å². The van der Waals surface area contributed by atoms with Gasteiger partial charge in [-0.05, 0) is 32.1 Å². The number of amides is 3. The summed E-state index contributed by atoms with van der Waals surface area (Å²) in [5.74, 6) is -2.20. The Kier molecular flexibility index (Phi) is 9.02. The number of ketones is 1. The first-order valence-electron chi connectivity index (χ1n) is 10.4. The van der Waals surface area contributed by atoms with Gasteiger partial charge in [-0.15, -0.1) is 0 Å². The summed E-state index contributed by atoms with van der Waals surface area (Å²) in [6, 6.07) is 5.63. The smallest absolute Gasteiger partial charge is 0.368 e. The van der Waals surface area contributed by atoms with Crippen molar-refractivity contribution in [2.24, 2.45) is 12.8 Å². The lowest BCUT2D eigenvalue weighted by molar-refractivity contribution is -0.132. The molecule has 2 rings (SSSR count). The normalized spacial score (nSPS) is 12.6. The number of aromatic nitrogens is 1. The second kappa shape index (κ2) is 11.7. The third kappa shape index (κ3) is 7.37. The maximum absolute atomic E-state index is 13.1. The Hall–Kier alpha value is -3.82. The number of carbonyl (C=O) groups excluding carboxylic acids is 4. The summed E-state index contributed by atoms with van der Waals surface area (Å²) in [5.41, 5.74) is 13.9. The van der Waals surface area contributed by atoms with Gasteiger partial charge in [0.1, 0.15) is 12.1 Å². The molecule has 176 valence electrons. The summed E-state index contributed by atoms with van der Waals surface area (Å²) in [5, 5.41) is 6.24. The summed E-state index contributed by atoms with van der Waals surface area (Å²) in [4.78, 5) is 53.6. The average Bonchev–Trinajstić information content (AvgIpc) is 3.05. The maximum atomic E-state index is 13.1. The van der Waals surface area contributed by atoms with Crippen LogP contribution in [0.4, 0.5) is 0 Å². The maximum Gasteiger partial charge on any atom is 0.372 e. The highest BCUT2D eigenvalue weighted by Crippen LogP contribution is 2.21. The van der Waals surface area contributed by atoms with E-state index in [9.17, 15) is 19.2 Å². The fourth-order valence-electron chi connectivity index (χ4n) is 3.53. The number of fused-ring (bicyclic) bond motifs is 1. The molecule has 3 amide bonds. The van der Waals surface area contributed by atoms with Crippen molar-refractivity contribution in [1.29, 1.82) is 5.53 Å². The molecule has 1 aromatic heterocycles. The monoisotopic (exact) mass is 456 g/mol. The van der Waals surface area contributed by atoms with Crippen molar-refractivity contribution in [3.8, 4) is 0 Å². The van der Waals surface area contributed by atoms with Crippen molar-refractivity contribution in [3.05, 3.63) is 36.0 Å². The molecule has 1 heterocycles. The topological polar surface area (TPSA) is 164 Å². The SMILES string of the molecule is CN(C)CC(=O)N[C@@H](Cc1cn(C)c2ccccc12)C(=O)N[C@@H](CCC(=O)C=[N+]=N)C(N)=O. The molecule has 5 N–H and O–H groups in total. The summed E-state index contributed by atoms with van der Waals surface area (Å²) in [6.07, 6.45) is 2.76. The van der Waals surface area contributed by atoms with Gasteiger partial charge in [0, 0.05) is 37.0 Å². The van der Waals surface area contributed by atoms with Gasteiger partial charge in [0.25, 0.3) is 0 Å². The summed E-state index contributed by atoms with van der Waals surface area (Å²) in [6.45, 7) is 0.0829. The van der Waals surface area contributed by atoms with E-state index in [1.807, 2.05) is 42.1 Å². The number of aryl methyl sites for hydroxylation is 1. The molecular formula is C22H30N7O4+. The Morgan fingerprint density at radius 3 is 2.52 bits per heavy atom. The van der Waals surface area contributed by atoms with Crippen LogP contribution >= 0.6 is 0 Å².